The van der Waals surface area contributed by atoms with Crippen molar-refractivity contribution in [3.8, 4) is 0 Å². The van der Waals surface area contributed by atoms with Crippen LogP contribution in [0.15, 0.2) is 97.1 Å². The van der Waals surface area contributed by atoms with Crippen LogP contribution >= 0.6 is 47.9 Å². The number of rotatable bonds is 25. The summed E-state index contributed by atoms with van der Waals surface area (Å²) >= 11 is 9.04. The maximum absolute atomic E-state index is 13.7. The van der Waals surface area contributed by atoms with E-state index in [9.17, 15) is 24.0 Å². The Hall–Kier alpha value is -4.85. The molecule has 6 N–H and O–H groups in total. The van der Waals surface area contributed by atoms with Crippen molar-refractivity contribution in [2.24, 2.45) is 0 Å². The lowest BCUT2D eigenvalue weighted by Crippen LogP contribution is -2.43. The smallest absolute Gasteiger partial charge is 0.368 e. The molecule has 2 fully saturated rings. The van der Waals surface area contributed by atoms with E-state index >= 15 is 0 Å². The number of ether oxygens (including phenoxy) is 3. The molecule has 2 saturated heterocycles. The predicted octanol–water partition coefficient (Wildman–Crippen LogP) is 10.0. The fourth-order valence-corrected chi connectivity index (χ4v) is 11.1. The molecular weight excluding hydrogens is 1050 g/mol. The maximum atomic E-state index is 13.7. The number of hydrogen-bond donors (Lipinski definition) is 7. The average Bonchev–Trinajstić information content (AvgIpc) is 4.03. The van der Waals surface area contributed by atoms with E-state index in [1.807, 2.05) is 132 Å². The third kappa shape index (κ3) is 22.8. The molecule has 2 aliphatic rings. The lowest BCUT2D eigenvalue weighted by Gasteiger charge is -2.21. The van der Waals surface area contributed by atoms with Crippen LogP contribution in [0.5, 0.6) is 0 Å². The minimum absolute atomic E-state index is 0.144. The fourth-order valence-electron chi connectivity index (χ4n) is 8.68. The molecule has 0 radical (unpaired) electrons. The molecule has 0 spiro atoms. The quantitative estimate of drug-likeness (QED) is 0.0189. The van der Waals surface area contributed by atoms with Crippen LogP contribution in [0, 0.1) is 0 Å². The number of amides is 2. The number of hydrogen-bond acceptors (Lipinski definition) is 16. The zero-order valence-electron chi connectivity index (χ0n) is 46.3. The SMILES string of the molecule is CSCC[C@H](NC(=O)c1cc(NC[C@@H]2C[C@H](S)CN2)ccc1Cc1ccccc1)C(=O)OC(C)C.CSCC[C@H](NC(=O)c1cc(NC[C@@H]2C[C@H](SC(=O)OC(C)(C)C)CN2)ccc1Cc1ccccc1)C(=O)OC(C)C. The van der Waals surface area contributed by atoms with Gasteiger partial charge in [-0.15, -0.1) is 0 Å². The van der Waals surface area contributed by atoms with Crippen molar-refractivity contribution >= 4 is 88.3 Å². The Morgan fingerprint density at radius 1 is 0.636 bits per heavy atom. The molecule has 2 heterocycles. The molecule has 2 aliphatic heterocycles. The van der Waals surface area contributed by atoms with Crippen LogP contribution in [-0.2, 0) is 36.6 Å². The molecule has 0 aliphatic carbocycles. The van der Waals surface area contributed by atoms with E-state index < -0.39 is 29.6 Å². The first-order chi connectivity index (χ1) is 36.8. The zero-order chi connectivity index (χ0) is 55.9. The Morgan fingerprint density at radius 3 is 1.48 bits per heavy atom. The highest BCUT2D eigenvalue weighted by molar-refractivity contribution is 8.13. The molecule has 0 aromatic heterocycles. The molecule has 18 heteroatoms. The van der Waals surface area contributed by atoms with Gasteiger partial charge in [0.05, 0.1) is 12.2 Å². The third-order valence-corrected chi connectivity index (χ3v) is 15.1. The summed E-state index contributed by atoms with van der Waals surface area (Å²) in [7, 11) is 0. The predicted molar refractivity (Wildman–Crippen MR) is 323 cm³/mol. The molecule has 77 heavy (non-hydrogen) atoms. The van der Waals surface area contributed by atoms with Crippen LogP contribution in [0.1, 0.15) is 117 Å². The number of thiol groups is 1. The molecule has 6 atom stereocenters. The van der Waals surface area contributed by atoms with Gasteiger partial charge in [0.1, 0.15) is 17.7 Å². The summed E-state index contributed by atoms with van der Waals surface area (Å²) < 4.78 is 16.3. The van der Waals surface area contributed by atoms with E-state index in [1.165, 1.54) is 11.8 Å². The average molecular weight is 1130 g/mol. The summed E-state index contributed by atoms with van der Waals surface area (Å²) in [6.45, 7) is 15.9. The van der Waals surface area contributed by atoms with Gasteiger partial charge in [0.2, 0.25) is 0 Å². The van der Waals surface area contributed by atoms with Gasteiger partial charge >= 0.3 is 17.2 Å². The van der Waals surface area contributed by atoms with Crippen LogP contribution in [0.3, 0.4) is 0 Å². The zero-order valence-corrected chi connectivity index (χ0v) is 49.6. The minimum atomic E-state index is -0.726. The maximum Gasteiger partial charge on any atom is 0.368 e. The Bertz CT molecular complexity index is 2500. The molecule has 14 nitrogen and oxygen atoms in total. The molecule has 420 valence electrons. The minimum Gasteiger partial charge on any atom is -0.461 e. The van der Waals surface area contributed by atoms with Crippen molar-refractivity contribution in [1.82, 2.24) is 21.3 Å². The van der Waals surface area contributed by atoms with Crippen LogP contribution in [0.25, 0.3) is 0 Å². The van der Waals surface area contributed by atoms with E-state index in [1.54, 1.807) is 37.4 Å². The number of anilines is 2. The summed E-state index contributed by atoms with van der Waals surface area (Å²) in [5, 5.41) is 20.0. The van der Waals surface area contributed by atoms with Gasteiger partial charge in [0.15, 0.2) is 0 Å². The van der Waals surface area contributed by atoms with E-state index in [4.69, 9.17) is 14.2 Å². The van der Waals surface area contributed by atoms with E-state index in [-0.39, 0.29) is 40.6 Å². The number of carbonyl (C=O) groups excluding carboxylic acids is 5. The first-order valence-electron chi connectivity index (χ1n) is 26.7. The van der Waals surface area contributed by atoms with Crippen LogP contribution in [0.2, 0.25) is 0 Å². The van der Waals surface area contributed by atoms with Crippen LogP contribution < -0.4 is 31.9 Å². The first-order valence-corrected chi connectivity index (χ1v) is 30.8. The van der Waals surface area contributed by atoms with E-state index in [0.29, 0.717) is 54.6 Å². The highest BCUT2D eigenvalue weighted by Gasteiger charge is 2.30. The molecule has 0 bridgehead atoms. The summed E-state index contributed by atoms with van der Waals surface area (Å²) in [5.41, 5.74) is 6.27. The normalized spacial score (nSPS) is 17.9. The Morgan fingerprint density at radius 2 is 1.08 bits per heavy atom. The lowest BCUT2D eigenvalue weighted by molar-refractivity contribution is -0.150. The Balaban J connectivity index is 0.000000289. The lowest BCUT2D eigenvalue weighted by atomic mass is 9.98. The molecule has 6 rings (SSSR count). The van der Waals surface area contributed by atoms with Crippen LogP contribution in [0.4, 0.5) is 16.2 Å². The second-order valence-corrected chi connectivity index (χ2v) is 24.9. The number of thioether (sulfide) groups is 3. The van der Waals surface area contributed by atoms with Gasteiger partial charge in [-0.2, -0.15) is 36.2 Å². The molecule has 2 amide bonds. The highest BCUT2D eigenvalue weighted by atomic mass is 32.2. The Kier molecular flexibility index (Phi) is 26.4. The van der Waals surface area contributed by atoms with Gasteiger partial charge in [-0.05, 0) is 169 Å². The van der Waals surface area contributed by atoms with Gasteiger partial charge in [-0.25, -0.2) is 14.4 Å². The van der Waals surface area contributed by atoms with Crippen molar-refractivity contribution < 1.29 is 38.2 Å². The number of nitrogens with one attached hydrogen (secondary N) is 6. The molecular formula is C59H82N6O8S4. The number of carbonyl (C=O) groups is 5. The van der Waals surface area contributed by atoms with Crippen molar-refractivity contribution in [3.63, 3.8) is 0 Å². The molecule has 4 aromatic rings. The molecule has 0 unspecified atom stereocenters. The Labute approximate surface area is 475 Å². The highest BCUT2D eigenvalue weighted by Crippen LogP contribution is 2.27. The summed E-state index contributed by atoms with van der Waals surface area (Å²) in [6.07, 6.45) is 7.49. The standard InChI is InChI=1S/C32H45N3O5S2.C27H37N3O3S2/c1-21(2)39-30(37)28(14-15-41-6)35-29(36)27-18-24(13-12-23(27)16-22-10-8-7-9-11-22)33-19-25-17-26(20-34-25)42-31(38)40-32(3,4)5;1-18(2)33-27(32)25(11-12-35-3)30-26(31)24-15-21(28-16-22-14-23(34)17-29-22)10-9-20(24)13-19-7-5-4-6-8-19/h7-13,18,21,25-26,28,33-34H,14-17,19-20H2,1-6H3,(H,35,36);4-10,15,18,22-23,25,28-29,34H,11-14,16-17H2,1-3H3,(H,30,31)/t25-,26-,28-;22-,23-,25-/m00/s1. The molecule has 0 saturated carbocycles. The van der Waals surface area contributed by atoms with Crippen molar-refractivity contribution in [3.05, 3.63) is 130 Å². The number of esters is 2. The molecule has 4 aromatic carbocycles. The van der Waals surface area contributed by atoms with E-state index in [0.717, 1.165) is 77.6 Å². The van der Waals surface area contributed by atoms with Crippen LogP contribution in [-0.4, -0.2) is 132 Å². The number of benzene rings is 4. The van der Waals surface area contributed by atoms with E-state index in [2.05, 4.69) is 56.7 Å². The summed E-state index contributed by atoms with van der Waals surface area (Å²) in [5.74, 6) is 0.0901. The monoisotopic (exact) mass is 1130 g/mol. The second-order valence-electron chi connectivity index (χ2n) is 21.0. The van der Waals surface area contributed by atoms with Gasteiger partial charge in [-0.3, -0.25) is 9.59 Å². The fraction of sp³-hybridized carbons (Fsp3) is 0.508. The van der Waals surface area contributed by atoms with Crippen molar-refractivity contribution in [2.45, 2.75) is 139 Å². The second kappa shape index (κ2) is 32.3. The van der Waals surface area contributed by atoms with Gasteiger partial charge in [-0.1, -0.05) is 72.8 Å². The largest absolute Gasteiger partial charge is 0.461 e. The first kappa shape index (κ1) is 63.0. The van der Waals surface area contributed by atoms with Crippen molar-refractivity contribution in [2.75, 3.05) is 60.8 Å². The summed E-state index contributed by atoms with van der Waals surface area (Å²) in [6, 6.07) is 30.9. The summed E-state index contributed by atoms with van der Waals surface area (Å²) in [4.78, 5) is 64.8. The third-order valence-electron chi connectivity index (χ3n) is 12.4. The van der Waals surface area contributed by atoms with Gasteiger partial charge < -0.3 is 46.1 Å². The van der Waals surface area contributed by atoms with Crippen molar-refractivity contribution in [1.29, 1.82) is 0 Å². The van der Waals surface area contributed by atoms with Gasteiger partial charge in [0, 0.05) is 71.3 Å². The van der Waals surface area contributed by atoms with Gasteiger partial charge in [0.25, 0.3) is 11.8 Å². The topological polar surface area (TPSA) is 185 Å².